The first kappa shape index (κ1) is 29.4. The summed E-state index contributed by atoms with van der Waals surface area (Å²) in [6, 6.07) is 12.1. The topological polar surface area (TPSA) is 90.6 Å². The van der Waals surface area contributed by atoms with Gasteiger partial charge >= 0.3 is 6.09 Å². The Labute approximate surface area is 245 Å². The number of para-hydroxylation sites is 1. The highest BCUT2D eigenvalue weighted by atomic mass is 19.1. The monoisotopic (exact) mass is 577 g/mol. The molecular weight excluding hydrogens is 537 g/mol. The van der Waals surface area contributed by atoms with Crippen LogP contribution in [0.15, 0.2) is 36.4 Å². The lowest BCUT2D eigenvalue weighted by molar-refractivity contribution is 0.0735. The van der Waals surface area contributed by atoms with Crippen molar-refractivity contribution in [2.24, 2.45) is 13.0 Å². The molecule has 3 heterocycles. The summed E-state index contributed by atoms with van der Waals surface area (Å²) in [6.45, 7) is 5.86. The van der Waals surface area contributed by atoms with E-state index in [1.54, 1.807) is 4.90 Å². The molecule has 224 valence electrons. The van der Waals surface area contributed by atoms with Crippen molar-refractivity contribution in [1.29, 1.82) is 0 Å². The second kappa shape index (κ2) is 12.8. The molecule has 0 unspecified atom stereocenters. The number of benzene rings is 2. The Kier molecular flexibility index (Phi) is 8.99. The zero-order valence-electron chi connectivity index (χ0n) is 24.9. The summed E-state index contributed by atoms with van der Waals surface area (Å²) >= 11 is 0. The summed E-state index contributed by atoms with van der Waals surface area (Å²) in [5, 5.41) is 3.48. The molecule has 0 bridgehead atoms. The highest BCUT2D eigenvalue weighted by molar-refractivity contribution is 6.01. The van der Waals surface area contributed by atoms with Gasteiger partial charge in [-0.05, 0) is 61.4 Å². The van der Waals surface area contributed by atoms with Crippen LogP contribution >= 0.6 is 0 Å². The number of aryl methyl sites for hydroxylation is 1. The van der Waals surface area contributed by atoms with Crippen molar-refractivity contribution in [3.05, 3.63) is 47.5 Å². The summed E-state index contributed by atoms with van der Waals surface area (Å²) in [6.07, 6.45) is 3.00. The SMILES string of the molecule is CC.CNC(=O)OCCOc1cccc2cc(-c3nc4cc5c(cc4n3C)CCN(CCCF)C5=O)n(CC3CC3)c12. The minimum absolute atomic E-state index is 0.0474. The average molecular weight is 578 g/mol. The third-order valence-corrected chi connectivity index (χ3v) is 7.86. The largest absolute Gasteiger partial charge is 0.488 e. The van der Waals surface area contributed by atoms with Crippen LogP contribution < -0.4 is 10.1 Å². The Bertz CT molecular complexity index is 1590. The van der Waals surface area contributed by atoms with Gasteiger partial charge < -0.3 is 28.8 Å². The molecule has 10 heteroatoms. The van der Waals surface area contributed by atoms with Gasteiger partial charge in [-0.1, -0.05) is 26.0 Å². The summed E-state index contributed by atoms with van der Waals surface area (Å²) in [7, 11) is 3.54. The smallest absolute Gasteiger partial charge is 0.406 e. The molecule has 42 heavy (non-hydrogen) atoms. The molecule has 4 aromatic rings. The van der Waals surface area contributed by atoms with Crippen LogP contribution in [0.2, 0.25) is 0 Å². The second-order valence-electron chi connectivity index (χ2n) is 10.6. The number of alkyl halides is 1. The van der Waals surface area contributed by atoms with Crippen LogP contribution in [0.25, 0.3) is 33.5 Å². The average Bonchev–Trinajstić information content (AvgIpc) is 3.68. The summed E-state index contributed by atoms with van der Waals surface area (Å²) in [5.41, 5.74) is 5.40. The van der Waals surface area contributed by atoms with Gasteiger partial charge in [-0.2, -0.15) is 0 Å². The number of carbonyl (C=O) groups is 2. The number of rotatable bonds is 10. The molecule has 1 aliphatic carbocycles. The van der Waals surface area contributed by atoms with E-state index in [0.29, 0.717) is 31.0 Å². The van der Waals surface area contributed by atoms with Crippen LogP contribution in [0, 0.1) is 5.92 Å². The molecule has 0 saturated heterocycles. The van der Waals surface area contributed by atoms with Gasteiger partial charge in [0.05, 0.1) is 28.9 Å². The van der Waals surface area contributed by atoms with Crippen molar-refractivity contribution in [2.45, 2.75) is 46.1 Å². The quantitative estimate of drug-likeness (QED) is 0.243. The predicted molar refractivity (Wildman–Crippen MR) is 162 cm³/mol. The van der Waals surface area contributed by atoms with Crippen molar-refractivity contribution >= 4 is 33.9 Å². The number of carbonyl (C=O) groups excluding carboxylic acids is 2. The highest BCUT2D eigenvalue weighted by Crippen LogP contribution is 2.39. The van der Waals surface area contributed by atoms with E-state index in [9.17, 15) is 14.0 Å². The highest BCUT2D eigenvalue weighted by Gasteiger charge is 2.28. The number of hydrogen-bond acceptors (Lipinski definition) is 5. The molecule has 1 saturated carbocycles. The van der Waals surface area contributed by atoms with Crippen molar-refractivity contribution in [1.82, 2.24) is 24.3 Å². The lowest BCUT2D eigenvalue weighted by Crippen LogP contribution is -2.38. The maximum Gasteiger partial charge on any atom is 0.406 e. The van der Waals surface area contributed by atoms with E-state index in [0.717, 1.165) is 57.7 Å². The van der Waals surface area contributed by atoms with Gasteiger partial charge in [0.2, 0.25) is 0 Å². The predicted octanol–water partition coefficient (Wildman–Crippen LogP) is 5.72. The number of ether oxygens (including phenoxy) is 2. The normalized spacial score (nSPS) is 14.5. The summed E-state index contributed by atoms with van der Waals surface area (Å²) < 4.78 is 28.3. The lowest BCUT2D eigenvalue weighted by atomic mass is 9.98. The molecule has 0 atom stereocenters. The fraction of sp³-hybridized carbons (Fsp3) is 0.469. The zero-order chi connectivity index (χ0) is 29.8. The molecule has 9 nitrogen and oxygen atoms in total. The molecule has 2 aliphatic rings. The molecule has 2 amide bonds. The fourth-order valence-electron chi connectivity index (χ4n) is 5.61. The van der Waals surface area contributed by atoms with Crippen molar-refractivity contribution in [3.8, 4) is 17.3 Å². The summed E-state index contributed by atoms with van der Waals surface area (Å²) in [4.78, 5) is 31.3. The molecule has 6 rings (SSSR count). The van der Waals surface area contributed by atoms with Crippen LogP contribution in [0.3, 0.4) is 0 Å². The van der Waals surface area contributed by atoms with Crippen molar-refractivity contribution < 1.29 is 23.5 Å². The summed E-state index contributed by atoms with van der Waals surface area (Å²) in [5.74, 6) is 2.12. The minimum atomic E-state index is -0.487. The van der Waals surface area contributed by atoms with Gasteiger partial charge in [-0.3, -0.25) is 9.18 Å². The van der Waals surface area contributed by atoms with E-state index < -0.39 is 12.8 Å². The van der Waals surface area contributed by atoms with Crippen LogP contribution in [0.1, 0.15) is 49.0 Å². The van der Waals surface area contributed by atoms with Crippen LogP contribution in [0.5, 0.6) is 5.75 Å². The Morgan fingerprint density at radius 2 is 1.98 bits per heavy atom. The molecule has 1 fully saturated rings. The number of aromatic nitrogens is 3. The van der Waals surface area contributed by atoms with E-state index in [1.807, 2.05) is 39.1 Å². The first-order chi connectivity index (χ1) is 20.5. The Hall–Kier alpha value is -4.08. The zero-order valence-corrected chi connectivity index (χ0v) is 24.9. The first-order valence-electron chi connectivity index (χ1n) is 14.9. The number of nitrogens with zero attached hydrogens (tertiary/aromatic N) is 4. The number of halogens is 1. The lowest BCUT2D eigenvalue weighted by Gasteiger charge is -2.28. The Morgan fingerprint density at radius 3 is 2.71 bits per heavy atom. The second-order valence-corrected chi connectivity index (χ2v) is 10.6. The molecule has 2 aromatic carbocycles. The Morgan fingerprint density at radius 1 is 1.17 bits per heavy atom. The first-order valence-corrected chi connectivity index (χ1v) is 14.9. The third kappa shape index (κ3) is 5.80. The number of amides is 2. The van der Waals surface area contributed by atoms with Gasteiger partial charge in [0, 0.05) is 44.7 Å². The maximum absolute atomic E-state index is 13.1. The van der Waals surface area contributed by atoms with E-state index in [2.05, 4.69) is 32.7 Å². The fourth-order valence-corrected chi connectivity index (χ4v) is 5.61. The van der Waals surface area contributed by atoms with E-state index in [1.165, 1.54) is 19.9 Å². The molecule has 1 N–H and O–H groups in total. The van der Waals surface area contributed by atoms with E-state index in [4.69, 9.17) is 14.5 Å². The van der Waals surface area contributed by atoms with Gasteiger partial charge in [-0.25, -0.2) is 9.78 Å². The maximum atomic E-state index is 13.1. The molecule has 1 aliphatic heterocycles. The Balaban J connectivity index is 0.00000173. The van der Waals surface area contributed by atoms with Crippen LogP contribution in [0.4, 0.5) is 9.18 Å². The number of alkyl carbamates (subject to hydrolysis) is 1. The minimum Gasteiger partial charge on any atom is -0.488 e. The van der Waals surface area contributed by atoms with Crippen molar-refractivity contribution in [3.63, 3.8) is 0 Å². The number of nitrogens with one attached hydrogen (secondary N) is 1. The van der Waals surface area contributed by atoms with E-state index >= 15 is 0 Å². The molecule has 0 radical (unpaired) electrons. The molecule has 0 spiro atoms. The van der Waals surface area contributed by atoms with Crippen molar-refractivity contribution in [2.75, 3.05) is 40.0 Å². The van der Waals surface area contributed by atoms with Crippen LogP contribution in [-0.2, 0) is 24.8 Å². The number of imidazole rings is 1. The van der Waals surface area contributed by atoms with Gasteiger partial charge in [0.25, 0.3) is 5.91 Å². The standard InChI is InChI=1S/C30H34FN5O4.C2H6/c1-32-30(38)40-14-13-39-26-6-3-5-21-16-25(36(27(21)26)18-19-7-8-19)28-33-23-17-22-20(15-24(23)34(28)2)9-12-35(29(22)37)11-4-10-31;1-2/h3,5-6,15-17,19H,4,7-14,18H2,1-2H3,(H,32,38);1-2H3. The van der Waals surface area contributed by atoms with Gasteiger partial charge in [0.15, 0.2) is 5.82 Å². The number of hydrogen-bond donors (Lipinski definition) is 1. The van der Waals surface area contributed by atoms with E-state index in [-0.39, 0.29) is 19.1 Å². The molecular formula is C32H40FN5O4. The van der Waals surface area contributed by atoms with Crippen LogP contribution in [-0.4, -0.2) is 71.0 Å². The number of fused-ring (bicyclic) bond motifs is 3. The van der Waals surface area contributed by atoms with Gasteiger partial charge in [-0.15, -0.1) is 0 Å². The third-order valence-electron chi connectivity index (χ3n) is 7.86. The van der Waals surface area contributed by atoms with Gasteiger partial charge in [0.1, 0.15) is 19.0 Å². The molecule has 2 aromatic heterocycles.